The molecule has 1 aromatic carbocycles. The maximum absolute atomic E-state index is 13.1. The Bertz CT molecular complexity index is 575. The van der Waals surface area contributed by atoms with Gasteiger partial charge in [-0.05, 0) is 37.0 Å². The third kappa shape index (κ3) is 3.30. The third-order valence-electron chi connectivity index (χ3n) is 4.02. The predicted molar refractivity (Wildman–Crippen MR) is 77.2 cm³/mol. The molecule has 1 fully saturated rings. The molecular weight excluding hydrogens is 279 g/mol. The molecule has 0 saturated heterocycles. The topological polar surface area (TPSA) is 72.2 Å². The Morgan fingerprint density at radius 2 is 2.05 bits per heavy atom. The van der Waals surface area contributed by atoms with Crippen molar-refractivity contribution in [2.75, 3.05) is 5.73 Å². The van der Waals surface area contributed by atoms with Gasteiger partial charge in [0.15, 0.2) is 0 Å². The Labute approximate surface area is 119 Å². The van der Waals surface area contributed by atoms with Gasteiger partial charge < -0.3 is 5.73 Å². The maximum atomic E-state index is 13.1. The molecule has 0 spiro atoms. The van der Waals surface area contributed by atoms with E-state index in [1.807, 2.05) is 0 Å². The van der Waals surface area contributed by atoms with Crippen LogP contribution in [0.1, 0.15) is 39.0 Å². The van der Waals surface area contributed by atoms with Gasteiger partial charge in [-0.3, -0.25) is 0 Å². The van der Waals surface area contributed by atoms with Crippen LogP contribution in [-0.2, 0) is 10.0 Å². The van der Waals surface area contributed by atoms with Gasteiger partial charge in [0.05, 0.1) is 10.6 Å². The fourth-order valence-electron chi connectivity index (χ4n) is 2.81. The number of anilines is 1. The van der Waals surface area contributed by atoms with Crippen molar-refractivity contribution in [1.29, 1.82) is 0 Å². The first-order valence-electron chi connectivity index (χ1n) is 7.01. The fraction of sp³-hybridized carbons (Fsp3) is 0.571. The van der Waals surface area contributed by atoms with E-state index in [4.69, 9.17) is 5.73 Å². The van der Waals surface area contributed by atoms with Gasteiger partial charge in [-0.1, -0.05) is 26.2 Å². The van der Waals surface area contributed by atoms with Crippen LogP contribution in [0.5, 0.6) is 0 Å². The van der Waals surface area contributed by atoms with E-state index in [0.29, 0.717) is 5.92 Å². The molecule has 3 N–H and O–H groups in total. The summed E-state index contributed by atoms with van der Waals surface area (Å²) in [7, 11) is -3.64. The molecule has 6 heteroatoms. The highest BCUT2D eigenvalue weighted by Crippen LogP contribution is 2.28. The van der Waals surface area contributed by atoms with Gasteiger partial charge in [0, 0.05) is 6.04 Å². The monoisotopic (exact) mass is 300 g/mol. The molecule has 2 unspecified atom stereocenters. The van der Waals surface area contributed by atoms with E-state index in [1.165, 1.54) is 12.1 Å². The molecular formula is C14H21FN2O2S. The van der Waals surface area contributed by atoms with Crippen molar-refractivity contribution in [3.05, 3.63) is 24.0 Å². The summed E-state index contributed by atoms with van der Waals surface area (Å²) in [6.45, 7) is 2.08. The highest BCUT2D eigenvalue weighted by atomic mass is 32.2. The van der Waals surface area contributed by atoms with Crippen LogP contribution in [0.15, 0.2) is 23.1 Å². The van der Waals surface area contributed by atoms with E-state index in [2.05, 4.69) is 11.6 Å². The SMILES string of the molecule is CCC1CCCCC1NS(=O)(=O)c1ccc(F)c(N)c1. The number of hydrogen-bond acceptors (Lipinski definition) is 3. The minimum absolute atomic E-state index is 0.0248. The predicted octanol–water partition coefficient (Wildman–Crippen LogP) is 2.66. The zero-order valence-corrected chi connectivity index (χ0v) is 12.4. The molecule has 20 heavy (non-hydrogen) atoms. The number of benzene rings is 1. The lowest BCUT2D eigenvalue weighted by Crippen LogP contribution is -2.41. The Morgan fingerprint density at radius 1 is 1.35 bits per heavy atom. The molecule has 112 valence electrons. The van der Waals surface area contributed by atoms with Gasteiger partial charge in [-0.25, -0.2) is 17.5 Å². The second-order valence-electron chi connectivity index (χ2n) is 5.36. The van der Waals surface area contributed by atoms with Gasteiger partial charge in [0.1, 0.15) is 5.82 Å². The molecule has 0 heterocycles. The third-order valence-corrected chi connectivity index (χ3v) is 5.51. The van der Waals surface area contributed by atoms with Crippen LogP contribution in [0.3, 0.4) is 0 Å². The number of nitrogens with one attached hydrogen (secondary N) is 1. The molecule has 4 nitrogen and oxygen atoms in total. The van der Waals surface area contributed by atoms with Gasteiger partial charge >= 0.3 is 0 Å². The Morgan fingerprint density at radius 3 is 2.70 bits per heavy atom. The molecule has 0 aliphatic heterocycles. The molecule has 1 aliphatic carbocycles. The van der Waals surface area contributed by atoms with Gasteiger partial charge in [-0.15, -0.1) is 0 Å². The van der Waals surface area contributed by atoms with E-state index < -0.39 is 15.8 Å². The minimum Gasteiger partial charge on any atom is -0.396 e. The summed E-state index contributed by atoms with van der Waals surface area (Å²) >= 11 is 0. The van der Waals surface area contributed by atoms with E-state index in [9.17, 15) is 12.8 Å². The smallest absolute Gasteiger partial charge is 0.240 e. The van der Waals surface area contributed by atoms with Crippen molar-refractivity contribution in [3.63, 3.8) is 0 Å². The number of halogens is 1. The zero-order chi connectivity index (χ0) is 14.8. The molecule has 1 saturated carbocycles. The molecule has 1 aliphatic rings. The summed E-state index contributed by atoms with van der Waals surface area (Å²) in [4.78, 5) is 0.0248. The average molecular weight is 300 g/mol. The summed E-state index contributed by atoms with van der Waals surface area (Å²) in [6, 6.07) is 3.46. The first-order valence-corrected chi connectivity index (χ1v) is 8.49. The molecule has 2 atom stereocenters. The molecule has 0 bridgehead atoms. The first kappa shape index (κ1) is 15.3. The lowest BCUT2D eigenvalue weighted by atomic mass is 9.83. The van der Waals surface area contributed by atoms with Gasteiger partial charge in [0.2, 0.25) is 10.0 Å². The molecule has 0 amide bonds. The number of rotatable bonds is 4. The van der Waals surface area contributed by atoms with Crippen LogP contribution in [0.4, 0.5) is 10.1 Å². The summed E-state index contributed by atoms with van der Waals surface area (Å²) in [5.74, 6) is -0.232. The normalized spacial score (nSPS) is 23.7. The van der Waals surface area contributed by atoms with Crippen molar-refractivity contribution >= 4 is 15.7 Å². The minimum atomic E-state index is -3.64. The number of hydrogen-bond donors (Lipinski definition) is 2. The highest BCUT2D eigenvalue weighted by Gasteiger charge is 2.28. The van der Waals surface area contributed by atoms with Crippen molar-refractivity contribution in [3.8, 4) is 0 Å². The van der Waals surface area contributed by atoms with Gasteiger partial charge in [-0.2, -0.15) is 0 Å². The Balaban J connectivity index is 2.19. The van der Waals surface area contributed by atoms with E-state index in [-0.39, 0.29) is 16.6 Å². The molecule has 1 aromatic rings. The Kier molecular flexibility index (Phi) is 4.65. The largest absolute Gasteiger partial charge is 0.396 e. The first-order chi connectivity index (χ1) is 9.44. The van der Waals surface area contributed by atoms with Crippen molar-refractivity contribution in [2.24, 2.45) is 5.92 Å². The fourth-order valence-corrected chi connectivity index (χ4v) is 4.18. The number of nitrogens with two attached hydrogens (primary N) is 1. The summed E-state index contributed by atoms with van der Waals surface area (Å²) in [5.41, 5.74) is 5.29. The zero-order valence-electron chi connectivity index (χ0n) is 11.6. The summed E-state index contributed by atoms with van der Waals surface area (Å²) in [5, 5.41) is 0. The molecule has 0 radical (unpaired) electrons. The second-order valence-corrected chi connectivity index (χ2v) is 7.08. The second kappa shape index (κ2) is 6.10. The summed E-state index contributed by atoms with van der Waals surface area (Å²) < 4.78 is 40.5. The average Bonchev–Trinajstić information content (AvgIpc) is 2.42. The van der Waals surface area contributed by atoms with Crippen LogP contribution in [-0.4, -0.2) is 14.5 Å². The van der Waals surface area contributed by atoms with Crippen molar-refractivity contribution < 1.29 is 12.8 Å². The van der Waals surface area contributed by atoms with Crippen LogP contribution in [0, 0.1) is 11.7 Å². The van der Waals surface area contributed by atoms with Crippen LogP contribution < -0.4 is 10.5 Å². The highest BCUT2D eigenvalue weighted by molar-refractivity contribution is 7.89. The van der Waals surface area contributed by atoms with E-state index in [0.717, 1.165) is 38.2 Å². The van der Waals surface area contributed by atoms with Crippen LogP contribution in [0.25, 0.3) is 0 Å². The van der Waals surface area contributed by atoms with Crippen LogP contribution in [0.2, 0.25) is 0 Å². The number of nitrogen functional groups attached to an aromatic ring is 1. The van der Waals surface area contributed by atoms with Crippen LogP contribution >= 0.6 is 0 Å². The van der Waals surface area contributed by atoms with E-state index >= 15 is 0 Å². The lowest BCUT2D eigenvalue weighted by Gasteiger charge is -2.31. The quantitative estimate of drug-likeness (QED) is 0.840. The maximum Gasteiger partial charge on any atom is 0.240 e. The molecule has 2 rings (SSSR count). The molecule has 0 aromatic heterocycles. The Hall–Kier alpha value is -1.14. The summed E-state index contributed by atoms with van der Waals surface area (Å²) in [6.07, 6.45) is 5.05. The van der Waals surface area contributed by atoms with E-state index in [1.54, 1.807) is 0 Å². The van der Waals surface area contributed by atoms with Gasteiger partial charge in [0.25, 0.3) is 0 Å². The lowest BCUT2D eigenvalue weighted by molar-refractivity contribution is 0.282. The van der Waals surface area contributed by atoms with Crippen molar-refractivity contribution in [1.82, 2.24) is 4.72 Å². The van der Waals surface area contributed by atoms with Crippen molar-refractivity contribution in [2.45, 2.75) is 50.0 Å². The standard InChI is InChI=1S/C14H21FN2O2S/c1-2-10-5-3-4-6-14(10)17-20(18,19)11-7-8-12(15)13(16)9-11/h7-10,14,17H,2-6,16H2,1H3. The number of sulfonamides is 1.